The van der Waals surface area contributed by atoms with Gasteiger partial charge in [0.15, 0.2) is 0 Å². The van der Waals surface area contributed by atoms with Crippen molar-refractivity contribution in [1.29, 1.82) is 0 Å². The van der Waals surface area contributed by atoms with Crippen molar-refractivity contribution < 1.29 is 9.52 Å². The minimum Gasteiger partial charge on any atom is -0.464 e. The van der Waals surface area contributed by atoms with Crippen molar-refractivity contribution in [3.8, 4) is 0 Å². The van der Waals surface area contributed by atoms with Gasteiger partial charge in [0.25, 0.3) is 0 Å². The van der Waals surface area contributed by atoms with Gasteiger partial charge in [0.2, 0.25) is 0 Å². The molecule has 2 unspecified atom stereocenters. The van der Waals surface area contributed by atoms with Gasteiger partial charge in [0, 0.05) is 19.1 Å². The molecule has 1 aromatic heterocycles. The lowest BCUT2D eigenvalue weighted by molar-refractivity contribution is 0.244. The molecule has 0 aromatic carbocycles. The van der Waals surface area contributed by atoms with Crippen LogP contribution < -0.4 is 5.32 Å². The molecule has 3 rings (SSSR count). The lowest BCUT2D eigenvalue weighted by atomic mass is 10.0. The Bertz CT molecular complexity index is 408. The van der Waals surface area contributed by atoms with Crippen molar-refractivity contribution in [2.45, 2.75) is 45.1 Å². The van der Waals surface area contributed by atoms with Crippen molar-refractivity contribution in [2.24, 2.45) is 11.3 Å². The second-order valence-corrected chi connectivity index (χ2v) is 6.20. The normalized spacial score (nSPS) is 28.3. The highest BCUT2D eigenvalue weighted by Crippen LogP contribution is 2.48. The van der Waals surface area contributed by atoms with Gasteiger partial charge in [-0.25, -0.2) is 0 Å². The molecular formula is C15H23NO2. The van der Waals surface area contributed by atoms with E-state index in [1.165, 1.54) is 19.3 Å². The number of nitrogens with one attached hydrogen (secondary N) is 1. The van der Waals surface area contributed by atoms with Gasteiger partial charge in [-0.2, -0.15) is 0 Å². The predicted molar refractivity (Wildman–Crippen MR) is 70.3 cm³/mol. The maximum Gasteiger partial charge on any atom is 0.117 e. The van der Waals surface area contributed by atoms with E-state index < -0.39 is 0 Å². The fraction of sp³-hybridized carbons (Fsp3) is 0.733. The number of furan rings is 1. The van der Waals surface area contributed by atoms with Crippen LogP contribution in [0, 0.1) is 11.3 Å². The van der Waals surface area contributed by atoms with Crippen molar-refractivity contribution in [2.75, 3.05) is 13.2 Å². The molecule has 2 fully saturated rings. The highest BCUT2D eigenvalue weighted by Gasteiger charge is 2.41. The molecule has 0 radical (unpaired) electrons. The van der Waals surface area contributed by atoms with Crippen LogP contribution in [-0.4, -0.2) is 18.3 Å². The van der Waals surface area contributed by atoms with Crippen LogP contribution in [0.25, 0.3) is 0 Å². The van der Waals surface area contributed by atoms with E-state index in [1.54, 1.807) is 0 Å². The van der Waals surface area contributed by atoms with Gasteiger partial charge >= 0.3 is 0 Å². The number of aliphatic hydroxyl groups is 1. The summed E-state index contributed by atoms with van der Waals surface area (Å²) in [6, 6.07) is 4.23. The molecule has 1 heterocycles. The Morgan fingerprint density at radius 3 is 2.83 bits per heavy atom. The average molecular weight is 249 g/mol. The first-order valence-electron chi connectivity index (χ1n) is 7.13. The molecule has 0 saturated heterocycles. The van der Waals surface area contributed by atoms with E-state index in [9.17, 15) is 0 Å². The molecule has 0 spiro atoms. The fourth-order valence-corrected chi connectivity index (χ4v) is 2.79. The molecule has 3 nitrogen and oxygen atoms in total. The smallest absolute Gasteiger partial charge is 0.117 e. The van der Waals surface area contributed by atoms with Crippen LogP contribution in [0.5, 0.6) is 0 Å². The summed E-state index contributed by atoms with van der Waals surface area (Å²) < 4.78 is 5.86. The molecule has 18 heavy (non-hydrogen) atoms. The summed E-state index contributed by atoms with van der Waals surface area (Å²) in [7, 11) is 0. The van der Waals surface area contributed by atoms with E-state index in [0.29, 0.717) is 17.9 Å². The Kier molecular flexibility index (Phi) is 3.20. The molecule has 2 saturated carbocycles. The molecule has 2 aliphatic carbocycles. The molecule has 2 N–H and O–H groups in total. The van der Waals surface area contributed by atoms with Crippen LogP contribution >= 0.6 is 0 Å². The van der Waals surface area contributed by atoms with Crippen LogP contribution in [0.15, 0.2) is 16.5 Å². The molecule has 2 aliphatic rings. The molecule has 0 bridgehead atoms. The largest absolute Gasteiger partial charge is 0.464 e. The first-order chi connectivity index (χ1) is 8.72. The molecular weight excluding hydrogens is 226 g/mol. The molecule has 1 aromatic rings. The standard InChI is InChI=1S/C15H23NO2/c1-11-8-13(11)14-3-2-12(18-14)9-16-10-15(4-5-15)6-7-17/h2-3,11,13,16-17H,4-10H2,1H3. The lowest BCUT2D eigenvalue weighted by Crippen LogP contribution is -2.24. The SMILES string of the molecule is CC1CC1c1ccc(CNCC2(CCO)CC2)o1. The zero-order valence-corrected chi connectivity index (χ0v) is 11.1. The van der Waals surface area contributed by atoms with Crippen molar-refractivity contribution in [1.82, 2.24) is 5.32 Å². The third-order valence-electron chi connectivity index (χ3n) is 4.56. The minimum atomic E-state index is 0.312. The van der Waals surface area contributed by atoms with Gasteiger partial charge in [0.05, 0.1) is 6.54 Å². The Balaban J connectivity index is 1.44. The summed E-state index contributed by atoms with van der Waals surface area (Å²) >= 11 is 0. The Morgan fingerprint density at radius 1 is 1.44 bits per heavy atom. The third kappa shape index (κ3) is 2.62. The van der Waals surface area contributed by atoms with Gasteiger partial charge in [0.1, 0.15) is 11.5 Å². The zero-order chi connectivity index (χ0) is 12.6. The molecule has 0 aliphatic heterocycles. The summed E-state index contributed by atoms with van der Waals surface area (Å²) in [5, 5.41) is 12.5. The third-order valence-corrected chi connectivity index (χ3v) is 4.56. The first-order valence-corrected chi connectivity index (χ1v) is 7.13. The van der Waals surface area contributed by atoms with E-state index in [-0.39, 0.29) is 0 Å². The first kappa shape index (κ1) is 12.2. The van der Waals surface area contributed by atoms with Gasteiger partial charge < -0.3 is 14.8 Å². The summed E-state index contributed by atoms with van der Waals surface area (Å²) in [4.78, 5) is 0. The second kappa shape index (κ2) is 4.71. The number of hydrogen-bond donors (Lipinski definition) is 2. The van der Waals surface area contributed by atoms with Crippen LogP contribution in [0.2, 0.25) is 0 Å². The van der Waals surface area contributed by atoms with Crippen molar-refractivity contribution in [3.05, 3.63) is 23.7 Å². The van der Waals surface area contributed by atoms with E-state index in [1.807, 2.05) is 0 Å². The predicted octanol–water partition coefficient (Wildman–Crippen LogP) is 2.66. The summed E-state index contributed by atoms with van der Waals surface area (Å²) in [6.45, 7) is 4.40. The quantitative estimate of drug-likeness (QED) is 0.781. The molecule has 3 heteroatoms. The second-order valence-electron chi connectivity index (χ2n) is 6.20. The van der Waals surface area contributed by atoms with Crippen LogP contribution in [0.3, 0.4) is 0 Å². The van der Waals surface area contributed by atoms with Gasteiger partial charge in [-0.3, -0.25) is 0 Å². The van der Waals surface area contributed by atoms with Crippen molar-refractivity contribution >= 4 is 0 Å². The summed E-state index contributed by atoms with van der Waals surface area (Å²) in [5.74, 6) is 3.68. The van der Waals surface area contributed by atoms with Crippen LogP contribution in [-0.2, 0) is 6.54 Å². The topological polar surface area (TPSA) is 45.4 Å². The van der Waals surface area contributed by atoms with E-state index in [4.69, 9.17) is 9.52 Å². The summed E-state index contributed by atoms with van der Waals surface area (Å²) in [5.41, 5.74) is 0.384. The lowest BCUT2D eigenvalue weighted by Gasteiger charge is -2.13. The van der Waals surface area contributed by atoms with Gasteiger partial charge in [-0.1, -0.05) is 6.92 Å². The molecule has 0 amide bonds. The molecule has 100 valence electrons. The average Bonchev–Trinajstić information content (AvgIpc) is 3.22. The maximum atomic E-state index is 9.01. The van der Waals surface area contributed by atoms with Crippen LogP contribution in [0.1, 0.15) is 50.0 Å². The fourth-order valence-electron chi connectivity index (χ4n) is 2.79. The highest BCUT2D eigenvalue weighted by atomic mass is 16.3. The molecule has 2 atom stereocenters. The van der Waals surface area contributed by atoms with Crippen LogP contribution in [0.4, 0.5) is 0 Å². The number of rotatable bonds is 7. The monoisotopic (exact) mass is 249 g/mol. The Morgan fingerprint density at radius 2 is 2.22 bits per heavy atom. The minimum absolute atomic E-state index is 0.312. The Labute approximate surface area is 109 Å². The summed E-state index contributed by atoms with van der Waals surface area (Å²) in [6.07, 6.45) is 4.72. The zero-order valence-electron chi connectivity index (χ0n) is 11.1. The number of hydrogen-bond acceptors (Lipinski definition) is 3. The van der Waals surface area contributed by atoms with Crippen molar-refractivity contribution in [3.63, 3.8) is 0 Å². The number of aliphatic hydroxyl groups excluding tert-OH is 1. The van der Waals surface area contributed by atoms with E-state index >= 15 is 0 Å². The maximum absolute atomic E-state index is 9.01. The van der Waals surface area contributed by atoms with E-state index in [2.05, 4.69) is 24.4 Å². The van der Waals surface area contributed by atoms with E-state index in [0.717, 1.165) is 36.9 Å². The van der Waals surface area contributed by atoms with Gasteiger partial charge in [-0.05, 0) is 49.1 Å². The van der Waals surface area contributed by atoms with Gasteiger partial charge in [-0.15, -0.1) is 0 Å². The Hall–Kier alpha value is -0.800. The highest BCUT2D eigenvalue weighted by molar-refractivity contribution is 5.17.